The average molecular weight is 222 g/mol. The third kappa shape index (κ3) is 5.39. The minimum Gasteiger partial charge on any atom is -0.490 e. The fraction of sp³-hybridized carbons (Fsp3) is 0.462. The van der Waals surface area contributed by atoms with Crippen molar-refractivity contribution in [2.45, 2.75) is 26.2 Å². The lowest BCUT2D eigenvalue weighted by molar-refractivity contribution is -0.144. The van der Waals surface area contributed by atoms with Crippen molar-refractivity contribution < 1.29 is 14.3 Å². The highest BCUT2D eigenvalue weighted by Gasteiger charge is 2.01. The van der Waals surface area contributed by atoms with E-state index in [1.165, 1.54) is 0 Å². The summed E-state index contributed by atoms with van der Waals surface area (Å²) in [6.07, 6.45) is 2.40. The molecule has 3 nitrogen and oxygen atoms in total. The molecule has 0 atom stereocenters. The molecule has 0 saturated carbocycles. The number of unbranched alkanes of at least 4 members (excludes halogenated alkanes) is 1. The van der Waals surface area contributed by atoms with Crippen LogP contribution in [0.2, 0.25) is 0 Å². The van der Waals surface area contributed by atoms with Gasteiger partial charge < -0.3 is 9.47 Å². The van der Waals surface area contributed by atoms with Crippen molar-refractivity contribution in [2.75, 3.05) is 13.2 Å². The molecule has 0 fully saturated rings. The minimum absolute atomic E-state index is 0.140. The van der Waals surface area contributed by atoms with E-state index in [1.807, 2.05) is 37.3 Å². The van der Waals surface area contributed by atoms with Gasteiger partial charge in [-0.1, -0.05) is 31.5 Å². The van der Waals surface area contributed by atoms with Gasteiger partial charge in [-0.05, 0) is 18.6 Å². The topological polar surface area (TPSA) is 35.5 Å². The Bertz CT molecular complexity index is 295. The molecule has 0 aromatic heterocycles. The average Bonchev–Trinajstić information content (AvgIpc) is 2.33. The van der Waals surface area contributed by atoms with Crippen molar-refractivity contribution in [3.8, 4) is 5.75 Å². The smallest absolute Gasteiger partial charge is 0.305 e. The van der Waals surface area contributed by atoms with Crippen molar-refractivity contribution in [1.29, 1.82) is 0 Å². The standard InChI is InChI=1S/C13H18O3/c1-2-3-9-13(14)16-11-10-15-12-7-5-4-6-8-12/h4-8H,2-3,9-11H2,1H3. The van der Waals surface area contributed by atoms with Crippen LogP contribution in [0.15, 0.2) is 30.3 Å². The molecule has 0 radical (unpaired) electrons. The van der Waals surface area contributed by atoms with Crippen molar-refractivity contribution in [1.82, 2.24) is 0 Å². The Morgan fingerprint density at radius 1 is 1.19 bits per heavy atom. The lowest BCUT2D eigenvalue weighted by Crippen LogP contribution is -2.11. The lowest BCUT2D eigenvalue weighted by Gasteiger charge is -2.06. The Morgan fingerprint density at radius 2 is 1.94 bits per heavy atom. The van der Waals surface area contributed by atoms with E-state index in [9.17, 15) is 4.79 Å². The maximum atomic E-state index is 11.1. The zero-order valence-corrected chi connectivity index (χ0v) is 9.65. The van der Waals surface area contributed by atoms with E-state index in [0.29, 0.717) is 19.6 Å². The van der Waals surface area contributed by atoms with Gasteiger partial charge in [0.25, 0.3) is 0 Å². The number of hydrogen-bond donors (Lipinski definition) is 0. The Kier molecular flexibility index (Phi) is 6.07. The Hall–Kier alpha value is -1.51. The van der Waals surface area contributed by atoms with Crippen molar-refractivity contribution >= 4 is 5.97 Å². The molecule has 1 aromatic rings. The van der Waals surface area contributed by atoms with Gasteiger partial charge in [0, 0.05) is 6.42 Å². The second kappa shape index (κ2) is 7.74. The fourth-order valence-corrected chi connectivity index (χ4v) is 1.23. The van der Waals surface area contributed by atoms with Crippen LogP contribution in [0, 0.1) is 0 Å². The third-order valence-electron chi connectivity index (χ3n) is 2.09. The largest absolute Gasteiger partial charge is 0.490 e. The van der Waals surface area contributed by atoms with E-state index in [2.05, 4.69) is 0 Å². The van der Waals surface area contributed by atoms with E-state index >= 15 is 0 Å². The van der Waals surface area contributed by atoms with Gasteiger partial charge >= 0.3 is 5.97 Å². The molecule has 0 N–H and O–H groups in total. The maximum absolute atomic E-state index is 11.1. The van der Waals surface area contributed by atoms with Gasteiger partial charge in [-0.25, -0.2) is 0 Å². The summed E-state index contributed by atoms with van der Waals surface area (Å²) in [4.78, 5) is 11.1. The molecule has 0 aliphatic rings. The summed E-state index contributed by atoms with van der Waals surface area (Å²) in [7, 11) is 0. The number of rotatable bonds is 7. The molecule has 0 heterocycles. The second-order valence-electron chi connectivity index (χ2n) is 3.49. The number of hydrogen-bond acceptors (Lipinski definition) is 3. The van der Waals surface area contributed by atoms with Crippen molar-refractivity contribution in [3.63, 3.8) is 0 Å². The van der Waals surface area contributed by atoms with Gasteiger partial charge in [0.2, 0.25) is 0 Å². The summed E-state index contributed by atoms with van der Waals surface area (Å²) in [5.41, 5.74) is 0. The van der Waals surface area contributed by atoms with Crippen LogP contribution in [0.3, 0.4) is 0 Å². The second-order valence-corrected chi connectivity index (χ2v) is 3.49. The molecular formula is C13H18O3. The first kappa shape index (κ1) is 12.6. The van der Waals surface area contributed by atoms with Gasteiger partial charge in [0.15, 0.2) is 0 Å². The number of para-hydroxylation sites is 1. The first-order chi connectivity index (χ1) is 7.83. The summed E-state index contributed by atoms with van der Waals surface area (Å²) in [5.74, 6) is 0.658. The lowest BCUT2D eigenvalue weighted by atomic mass is 10.2. The zero-order valence-electron chi connectivity index (χ0n) is 9.65. The third-order valence-corrected chi connectivity index (χ3v) is 2.09. The highest BCUT2D eigenvalue weighted by molar-refractivity contribution is 5.69. The summed E-state index contributed by atoms with van der Waals surface area (Å²) >= 11 is 0. The predicted octanol–water partition coefficient (Wildman–Crippen LogP) is 2.80. The SMILES string of the molecule is CCCCC(=O)OCCOc1ccccc1. The molecule has 1 aromatic carbocycles. The number of benzene rings is 1. The summed E-state index contributed by atoms with van der Waals surface area (Å²) in [6, 6.07) is 9.49. The van der Waals surface area contributed by atoms with Gasteiger partial charge in [0.1, 0.15) is 19.0 Å². The molecule has 88 valence electrons. The minimum atomic E-state index is -0.140. The fourth-order valence-electron chi connectivity index (χ4n) is 1.23. The Labute approximate surface area is 96.4 Å². The number of esters is 1. The van der Waals surface area contributed by atoms with Crippen LogP contribution in [0.1, 0.15) is 26.2 Å². The van der Waals surface area contributed by atoms with Gasteiger partial charge in [-0.3, -0.25) is 4.79 Å². The van der Waals surface area contributed by atoms with E-state index in [1.54, 1.807) is 0 Å². The van der Waals surface area contributed by atoms with Crippen LogP contribution in [-0.4, -0.2) is 19.2 Å². The molecule has 0 amide bonds. The maximum Gasteiger partial charge on any atom is 0.305 e. The molecular weight excluding hydrogens is 204 g/mol. The molecule has 16 heavy (non-hydrogen) atoms. The quantitative estimate of drug-likeness (QED) is 0.525. The van der Waals surface area contributed by atoms with E-state index in [4.69, 9.17) is 9.47 Å². The molecule has 0 saturated heterocycles. The number of carbonyl (C=O) groups is 1. The van der Waals surface area contributed by atoms with Crippen LogP contribution in [0.5, 0.6) is 5.75 Å². The van der Waals surface area contributed by atoms with Crippen LogP contribution >= 0.6 is 0 Å². The van der Waals surface area contributed by atoms with E-state index in [0.717, 1.165) is 18.6 Å². The summed E-state index contributed by atoms with van der Waals surface area (Å²) in [5, 5.41) is 0. The highest BCUT2D eigenvalue weighted by atomic mass is 16.6. The number of ether oxygens (including phenoxy) is 2. The normalized spacial score (nSPS) is 9.81. The first-order valence-electron chi connectivity index (χ1n) is 5.66. The van der Waals surface area contributed by atoms with Crippen molar-refractivity contribution in [3.05, 3.63) is 30.3 Å². The van der Waals surface area contributed by atoms with Gasteiger partial charge in [0.05, 0.1) is 0 Å². The van der Waals surface area contributed by atoms with Crippen LogP contribution < -0.4 is 4.74 Å². The van der Waals surface area contributed by atoms with Gasteiger partial charge in [-0.15, -0.1) is 0 Å². The van der Waals surface area contributed by atoms with Crippen molar-refractivity contribution in [2.24, 2.45) is 0 Å². The molecule has 1 rings (SSSR count). The molecule has 0 unspecified atom stereocenters. The molecule has 0 spiro atoms. The van der Waals surface area contributed by atoms with E-state index < -0.39 is 0 Å². The first-order valence-corrected chi connectivity index (χ1v) is 5.66. The van der Waals surface area contributed by atoms with Crippen LogP contribution in [0.25, 0.3) is 0 Å². The highest BCUT2D eigenvalue weighted by Crippen LogP contribution is 2.07. The van der Waals surface area contributed by atoms with Crippen LogP contribution in [-0.2, 0) is 9.53 Å². The van der Waals surface area contributed by atoms with E-state index in [-0.39, 0.29) is 5.97 Å². The molecule has 3 heteroatoms. The summed E-state index contributed by atoms with van der Waals surface area (Å²) < 4.78 is 10.4. The molecule has 0 aliphatic carbocycles. The Morgan fingerprint density at radius 3 is 2.62 bits per heavy atom. The number of carbonyl (C=O) groups excluding carboxylic acids is 1. The summed E-state index contributed by atoms with van der Waals surface area (Å²) in [6.45, 7) is 2.77. The Balaban J connectivity index is 2.06. The monoisotopic (exact) mass is 222 g/mol. The zero-order chi connectivity index (χ0) is 11.6. The predicted molar refractivity (Wildman–Crippen MR) is 62.4 cm³/mol. The van der Waals surface area contributed by atoms with Gasteiger partial charge in [-0.2, -0.15) is 0 Å². The molecule has 0 bridgehead atoms. The molecule has 0 aliphatic heterocycles. The van der Waals surface area contributed by atoms with Crippen LogP contribution in [0.4, 0.5) is 0 Å².